The number of sulfone groups is 1. The Balaban J connectivity index is 1.44. The zero-order valence-corrected chi connectivity index (χ0v) is 23.6. The average molecular weight is 550 g/mol. The molecule has 5 rings (SSSR count). The summed E-state index contributed by atoms with van der Waals surface area (Å²) in [6, 6.07) is 12.2. The number of nitrogens with zero attached hydrogens (tertiary/aromatic N) is 6. The van der Waals surface area contributed by atoms with Gasteiger partial charge in [0.1, 0.15) is 23.0 Å². The van der Waals surface area contributed by atoms with Gasteiger partial charge in [0.2, 0.25) is 9.84 Å². The van der Waals surface area contributed by atoms with Crippen LogP contribution >= 0.6 is 0 Å². The van der Waals surface area contributed by atoms with Crippen molar-refractivity contribution in [2.24, 2.45) is 11.7 Å². The lowest BCUT2D eigenvalue weighted by Crippen LogP contribution is -2.47. The first-order valence-corrected chi connectivity index (χ1v) is 14.7. The van der Waals surface area contributed by atoms with E-state index in [0.717, 1.165) is 31.0 Å². The third kappa shape index (κ3) is 5.15. The van der Waals surface area contributed by atoms with Crippen LogP contribution in [0.5, 0.6) is 0 Å². The molecule has 1 unspecified atom stereocenters. The van der Waals surface area contributed by atoms with Gasteiger partial charge in [-0.2, -0.15) is 0 Å². The molecule has 2 fully saturated rings. The van der Waals surface area contributed by atoms with E-state index in [-0.39, 0.29) is 21.0 Å². The van der Waals surface area contributed by atoms with E-state index in [2.05, 4.69) is 45.5 Å². The largest absolute Gasteiger partial charge is 0.365 e. The molecule has 2 saturated heterocycles. The minimum Gasteiger partial charge on any atom is -0.365 e. The van der Waals surface area contributed by atoms with Crippen molar-refractivity contribution < 1.29 is 13.2 Å². The molecule has 1 atom stereocenters. The lowest BCUT2D eigenvalue weighted by Gasteiger charge is -2.36. The van der Waals surface area contributed by atoms with Crippen molar-refractivity contribution in [2.75, 3.05) is 47.4 Å². The summed E-state index contributed by atoms with van der Waals surface area (Å²) >= 11 is 0. The van der Waals surface area contributed by atoms with Crippen molar-refractivity contribution in [3.8, 4) is 0 Å². The van der Waals surface area contributed by atoms with Crippen LogP contribution in [0.3, 0.4) is 0 Å². The van der Waals surface area contributed by atoms with E-state index < -0.39 is 15.7 Å². The van der Waals surface area contributed by atoms with E-state index in [4.69, 9.17) is 5.73 Å². The molecule has 3 aromatic heterocycles. The lowest BCUT2D eigenvalue weighted by molar-refractivity contribution is 0.0997. The molecule has 1 amide bonds. The highest BCUT2D eigenvalue weighted by Crippen LogP contribution is 2.39. The molecule has 2 N–H and O–H groups in total. The van der Waals surface area contributed by atoms with Gasteiger partial charge in [0.05, 0.1) is 4.90 Å². The van der Waals surface area contributed by atoms with Gasteiger partial charge in [-0.15, -0.1) is 0 Å². The topological polar surface area (TPSA) is 126 Å². The third-order valence-corrected chi connectivity index (χ3v) is 9.24. The van der Waals surface area contributed by atoms with Crippen molar-refractivity contribution in [1.29, 1.82) is 0 Å². The number of aromatic nitrogens is 3. The highest BCUT2D eigenvalue weighted by Gasteiger charge is 2.40. The fourth-order valence-corrected chi connectivity index (χ4v) is 7.16. The summed E-state index contributed by atoms with van der Waals surface area (Å²) in [6.07, 6.45) is 2.32. The number of hydrogen-bond donors (Lipinski definition) is 1. The van der Waals surface area contributed by atoms with E-state index in [1.807, 2.05) is 30.0 Å². The number of amides is 1. The minimum absolute atomic E-state index is 0.0915. The quantitative estimate of drug-likeness (QED) is 0.494. The molecule has 0 aromatic carbocycles. The van der Waals surface area contributed by atoms with E-state index in [9.17, 15) is 13.2 Å². The molecule has 11 heteroatoms. The predicted octanol–water partition coefficient (Wildman–Crippen LogP) is 3.06. The molecular weight excluding hydrogens is 514 g/mol. The van der Waals surface area contributed by atoms with Crippen LogP contribution in [0.15, 0.2) is 58.6 Å². The van der Waals surface area contributed by atoms with Crippen LogP contribution in [-0.4, -0.2) is 67.5 Å². The molecule has 0 aliphatic carbocycles. The lowest BCUT2D eigenvalue weighted by atomic mass is 9.97. The van der Waals surface area contributed by atoms with Gasteiger partial charge in [-0.25, -0.2) is 23.4 Å². The van der Waals surface area contributed by atoms with Crippen molar-refractivity contribution in [3.05, 3.63) is 59.9 Å². The minimum atomic E-state index is -4.16. The number of primary amides is 1. The predicted molar refractivity (Wildman–Crippen MR) is 151 cm³/mol. The summed E-state index contributed by atoms with van der Waals surface area (Å²) in [5.41, 5.74) is 6.36. The normalized spacial score (nSPS) is 19.4. The van der Waals surface area contributed by atoms with Gasteiger partial charge in [-0.3, -0.25) is 4.79 Å². The molecule has 0 radical (unpaired) electrons. The zero-order chi connectivity index (χ0) is 27.9. The average Bonchev–Trinajstić information content (AvgIpc) is 3.19. The van der Waals surface area contributed by atoms with Gasteiger partial charge >= 0.3 is 0 Å². The smallest absolute Gasteiger partial charge is 0.253 e. The number of hydrogen-bond acceptors (Lipinski definition) is 9. The number of carbonyl (C=O) groups is 1. The Kier molecular flexibility index (Phi) is 6.96. The molecule has 0 saturated carbocycles. The number of rotatable bonds is 6. The van der Waals surface area contributed by atoms with Gasteiger partial charge in [0.15, 0.2) is 5.03 Å². The molecule has 10 nitrogen and oxygen atoms in total. The van der Waals surface area contributed by atoms with Crippen LogP contribution < -0.4 is 20.4 Å². The number of aryl methyl sites for hydroxylation is 1. The Hall–Kier alpha value is -3.73. The maximum Gasteiger partial charge on any atom is 0.253 e. The van der Waals surface area contributed by atoms with Gasteiger partial charge in [0.25, 0.3) is 5.91 Å². The second-order valence-electron chi connectivity index (χ2n) is 11.1. The van der Waals surface area contributed by atoms with Crippen LogP contribution in [0.4, 0.5) is 17.5 Å². The first-order valence-electron chi connectivity index (χ1n) is 13.2. The second kappa shape index (κ2) is 10.1. The Labute approximate surface area is 229 Å². The van der Waals surface area contributed by atoms with Crippen molar-refractivity contribution in [3.63, 3.8) is 0 Å². The number of piperazine rings is 1. The summed E-state index contributed by atoms with van der Waals surface area (Å²) in [5.74, 6) is 1.33. The second-order valence-corrected chi connectivity index (χ2v) is 12.9. The first-order chi connectivity index (χ1) is 18.5. The Morgan fingerprint density at radius 2 is 1.59 bits per heavy atom. The van der Waals surface area contributed by atoms with E-state index in [1.165, 1.54) is 18.3 Å². The summed E-state index contributed by atoms with van der Waals surface area (Å²) in [6.45, 7) is 11.7. The third-order valence-electron chi connectivity index (χ3n) is 7.54. The first kappa shape index (κ1) is 26.9. The van der Waals surface area contributed by atoms with Crippen LogP contribution in [0.1, 0.15) is 43.2 Å². The number of nitrogens with two attached hydrogens (primary N) is 1. The molecule has 0 spiro atoms. The molecule has 2 aliphatic heterocycles. The highest BCUT2D eigenvalue weighted by atomic mass is 32.2. The summed E-state index contributed by atoms with van der Waals surface area (Å²) in [5, 5.41) is -0.128. The monoisotopic (exact) mass is 549 g/mol. The van der Waals surface area contributed by atoms with Crippen LogP contribution in [-0.2, 0) is 9.84 Å². The highest BCUT2D eigenvalue weighted by molar-refractivity contribution is 7.91. The maximum absolute atomic E-state index is 13.9. The Morgan fingerprint density at radius 1 is 0.974 bits per heavy atom. The van der Waals surface area contributed by atoms with Crippen LogP contribution in [0.25, 0.3) is 0 Å². The van der Waals surface area contributed by atoms with Crippen molar-refractivity contribution in [1.82, 2.24) is 15.0 Å². The Bertz CT molecular complexity index is 1500. The maximum atomic E-state index is 13.9. The molecular formula is C28H35N7O3S. The molecule has 0 bridgehead atoms. The fourth-order valence-electron chi connectivity index (χ4n) is 5.77. The summed E-state index contributed by atoms with van der Waals surface area (Å²) in [4.78, 5) is 32.4. The molecule has 206 valence electrons. The van der Waals surface area contributed by atoms with Crippen molar-refractivity contribution >= 4 is 33.2 Å². The number of pyridine rings is 3. The summed E-state index contributed by atoms with van der Waals surface area (Å²) < 4.78 is 27.8. The van der Waals surface area contributed by atoms with Gasteiger partial charge in [-0.1, -0.05) is 19.1 Å². The van der Waals surface area contributed by atoms with E-state index in [0.29, 0.717) is 37.2 Å². The van der Waals surface area contributed by atoms with Gasteiger partial charge < -0.3 is 20.4 Å². The number of carbonyl (C=O) groups excluding carboxylic acids is 1. The van der Waals surface area contributed by atoms with Gasteiger partial charge in [-0.05, 0) is 63.4 Å². The summed E-state index contributed by atoms with van der Waals surface area (Å²) in [7, 11) is -4.16. The van der Waals surface area contributed by atoms with Crippen LogP contribution in [0.2, 0.25) is 0 Å². The van der Waals surface area contributed by atoms with Crippen molar-refractivity contribution in [2.45, 2.75) is 49.6 Å². The standard InChI is InChI=1S/C28H35N7O3S/c1-19-17-28(3,4)35(18-19)27-25(26(29)36)21(11-12-30-27)39(37,38)24-10-6-9-23(32-24)34-15-13-33(14-16-34)22-8-5-7-20(2)31-22/h5-12,19H,13-18H2,1-4H3,(H2,29,36). The molecule has 2 aliphatic rings. The molecule has 3 aromatic rings. The SMILES string of the molecule is Cc1cccc(N2CCN(c3cccc(S(=O)(=O)c4ccnc(N5CC(C)CC5(C)C)c4C(N)=O)n3)CC2)n1. The fraction of sp³-hybridized carbons (Fsp3) is 0.429. The van der Waals surface area contributed by atoms with E-state index in [1.54, 1.807) is 12.1 Å². The Morgan fingerprint density at radius 3 is 2.15 bits per heavy atom. The molecule has 39 heavy (non-hydrogen) atoms. The molecule has 5 heterocycles. The zero-order valence-electron chi connectivity index (χ0n) is 22.8. The van der Waals surface area contributed by atoms with Gasteiger partial charge in [0, 0.05) is 50.2 Å². The van der Waals surface area contributed by atoms with Crippen LogP contribution in [0, 0.1) is 12.8 Å². The number of anilines is 3. The van der Waals surface area contributed by atoms with E-state index >= 15 is 0 Å².